The molecule has 2 atom stereocenters. The Morgan fingerprint density at radius 2 is 1.75 bits per heavy atom. The first-order valence-electron chi connectivity index (χ1n) is 9.72. The molecule has 5 N–H and O–H groups in total. The highest BCUT2D eigenvalue weighted by Gasteiger charge is 2.39. The fourth-order valence-corrected chi connectivity index (χ4v) is 4.40. The number of nitro benzene ring substituents is 1. The molecule has 0 aromatic heterocycles. The maximum absolute atomic E-state index is 12.3. The van der Waals surface area contributed by atoms with Gasteiger partial charge in [-0.2, -0.15) is 0 Å². The van der Waals surface area contributed by atoms with Gasteiger partial charge in [-0.15, -0.1) is 0 Å². The predicted octanol–water partition coefficient (Wildman–Crippen LogP) is 1.42. The Bertz CT molecular complexity index is 710. The molecule has 2 aliphatic rings. The van der Waals surface area contributed by atoms with Gasteiger partial charge in [0, 0.05) is 30.8 Å². The largest absolute Gasteiger partial charge is 0.351 e. The summed E-state index contributed by atoms with van der Waals surface area (Å²) < 4.78 is 0. The monoisotopic (exact) mass is 389 g/mol. The Hall–Kier alpha value is -2.68. The van der Waals surface area contributed by atoms with Gasteiger partial charge in [0.1, 0.15) is 0 Å². The number of fused-ring (bicyclic) bond motifs is 2. The number of rotatable bonds is 6. The number of nitrogens with one attached hydrogen (secondary N) is 3. The minimum atomic E-state index is -0.476. The van der Waals surface area contributed by atoms with Crippen molar-refractivity contribution in [2.45, 2.75) is 50.7 Å². The van der Waals surface area contributed by atoms with E-state index >= 15 is 0 Å². The van der Waals surface area contributed by atoms with Crippen LogP contribution < -0.4 is 21.7 Å². The molecule has 1 aromatic rings. The lowest BCUT2D eigenvalue weighted by Crippen LogP contribution is -2.55. The maximum Gasteiger partial charge on any atom is 0.315 e. The Morgan fingerprint density at radius 3 is 2.36 bits per heavy atom. The molecule has 2 bridgehead atoms. The highest BCUT2D eigenvalue weighted by Crippen LogP contribution is 2.39. The van der Waals surface area contributed by atoms with Gasteiger partial charge in [-0.05, 0) is 43.1 Å². The Labute approximate surface area is 163 Å². The zero-order chi connectivity index (χ0) is 20.1. The highest BCUT2D eigenvalue weighted by atomic mass is 16.6. The molecule has 28 heavy (non-hydrogen) atoms. The summed E-state index contributed by atoms with van der Waals surface area (Å²) in [6, 6.07) is 5.86. The summed E-state index contributed by atoms with van der Waals surface area (Å²) in [5, 5.41) is 18.9. The molecule has 2 saturated carbocycles. The second-order valence-electron chi connectivity index (χ2n) is 7.74. The molecular formula is C19H27N5O4. The van der Waals surface area contributed by atoms with Crippen LogP contribution in [0.2, 0.25) is 0 Å². The van der Waals surface area contributed by atoms with Gasteiger partial charge in [0.25, 0.3) is 5.69 Å². The fraction of sp³-hybridized carbons (Fsp3) is 0.579. The van der Waals surface area contributed by atoms with Crippen LogP contribution in [-0.4, -0.2) is 35.5 Å². The SMILES string of the molecule is NC1CC2CCCC(C1)C2NC(=O)CNC(=O)NCc1ccc([N+](=O)[O-])cc1. The maximum atomic E-state index is 12.3. The van der Waals surface area contributed by atoms with Crippen LogP contribution in [0.25, 0.3) is 0 Å². The summed E-state index contributed by atoms with van der Waals surface area (Å²) >= 11 is 0. The normalized spacial score (nSPS) is 26.2. The second-order valence-corrected chi connectivity index (χ2v) is 7.74. The van der Waals surface area contributed by atoms with Crippen LogP contribution >= 0.6 is 0 Å². The second kappa shape index (κ2) is 9.01. The molecule has 0 aliphatic heterocycles. The zero-order valence-corrected chi connectivity index (χ0v) is 15.7. The molecule has 0 spiro atoms. The summed E-state index contributed by atoms with van der Waals surface area (Å²) in [5.41, 5.74) is 6.84. The van der Waals surface area contributed by atoms with Crippen LogP contribution in [0, 0.1) is 22.0 Å². The third-order valence-electron chi connectivity index (χ3n) is 5.71. The standard InChI is InChI=1S/C19H27N5O4/c20-15-8-13-2-1-3-14(9-15)18(13)23-17(25)11-22-19(26)21-10-12-4-6-16(7-5-12)24(27)28/h4-7,13-15,18H,1-3,8-11,20H2,(H,23,25)(H2,21,22,26). The molecule has 2 aliphatic carbocycles. The van der Waals surface area contributed by atoms with Gasteiger partial charge in [0.05, 0.1) is 11.5 Å². The van der Waals surface area contributed by atoms with Gasteiger partial charge >= 0.3 is 6.03 Å². The number of amides is 3. The van der Waals surface area contributed by atoms with E-state index in [1.165, 1.54) is 18.6 Å². The van der Waals surface area contributed by atoms with Crippen LogP contribution in [0.5, 0.6) is 0 Å². The molecule has 3 rings (SSSR count). The smallest absolute Gasteiger partial charge is 0.315 e. The summed E-state index contributed by atoms with van der Waals surface area (Å²) in [7, 11) is 0. The minimum absolute atomic E-state index is 0.00157. The van der Waals surface area contributed by atoms with Crippen molar-refractivity contribution < 1.29 is 14.5 Å². The zero-order valence-electron chi connectivity index (χ0n) is 15.7. The number of nitrogens with zero attached hydrogens (tertiary/aromatic N) is 1. The number of urea groups is 1. The molecule has 0 heterocycles. The molecule has 9 heteroatoms. The van der Waals surface area contributed by atoms with Crippen molar-refractivity contribution in [3.8, 4) is 0 Å². The average molecular weight is 389 g/mol. The first-order valence-corrected chi connectivity index (χ1v) is 9.72. The van der Waals surface area contributed by atoms with Crippen LogP contribution in [0.3, 0.4) is 0 Å². The molecule has 0 saturated heterocycles. The van der Waals surface area contributed by atoms with Crippen molar-refractivity contribution in [1.29, 1.82) is 0 Å². The summed E-state index contributed by atoms with van der Waals surface area (Å²) in [4.78, 5) is 34.3. The van der Waals surface area contributed by atoms with E-state index in [1.54, 1.807) is 12.1 Å². The first kappa shape index (κ1) is 20.1. The summed E-state index contributed by atoms with van der Waals surface area (Å²) in [6.07, 6.45) is 5.28. The van der Waals surface area contributed by atoms with Gasteiger partial charge in [-0.3, -0.25) is 14.9 Å². The van der Waals surface area contributed by atoms with Crippen molar-refractivity contribution in [3.63, 3.8) is 0 Å². The lowest BCUT2D eigenvalue weighted by molar-refractivity contribution is -0.384. The van der Waals surface area contributed by atoms with E-state index in [0.29, 0.717) is 11.8 Å². The topological polar surface area (TPSA) is 139 Å². The van der Waals surface area contributed by atoms with E-state index in [1.807, 2.05) is 0 Å². The van der Waals surface area contributed by atoms with Gasteiger partial charge in [-0.25, -0.2) is 4.79 Å². The van der Waals surface area contributed by atoms with Crippen LogP contribution in [-0.2, 0) is 11.3 Å². The third-order valence-corrected chi connectivity index (χ3v) is 5.71. The van der Waals surface area contributed by atoms with E-state index in [0.717, 1.165) is 31.2 Å². The Morgan fingerprint density at radius 1 is 1.11 bits per heavy atom. The number of non-ortho nitro benzene ring substituents is 1. The van der Waals surface area contributed by atoms with Crippen molar-refractivity contribution in [2.75, 3.05) is 6.54 Å². The molecule has 1 aromatic carbocycles. The van der Waals surface area contributed by atoms with Crippen molar-refractivity contribution in [1.82, 2.24) is 16.0 Å². The van der Waals surface area contributed by atoms with E-state index < -0.39 is 11.0 Å². The molecule has 2 fully saturated rings. The molecule has 3 amide bonds. The van der Waals surface area contributed by atoms with Crippen molar-refractivity contribution in [3.05, 3.63) is 39.9 Å². The number of carbonyl (C=O) groups is 2. The van der Waals surface area contributed by atoms with Gasteiger partial charge < -0.3 is 21.7 Å². The Kier molecular flexibility index (Phi) is 6.45. The lowest BCUT2D eigenvalue weighted by Gasteiger charge is -2.45. The van der Waals surface area contributed by atoms with Gasteiger partial charge in [0.2, 0.25) is 5.91 Å². The molecule has 0 radical (unpaired) electrons. The molecule has 2 unspecified atom stereocenters. The number of carbonyl (C=O) groups excluding carboxylic acids is 2. The third kappa shape index (κ3) is 5.19. The fourth-order valence-electron chi connectivity index (χ4n) is 4.40. The number of nitro groups is 1. The number of hydrogen-bond donors (Lipinski definition) is 4. The van der Waals surface area contributed by atoms with Gasteiger partial charge in [0.15, 0.2) is 0 Å². The lowest BCUT2D eigenvalue weighted by atomic mass is 9.67. The van der Waals surface area contributed by atoms with E-state index in [-0.39, 0.29) is 36.8 Å². The number of benzene rings is 1. The van der Waals surface area contributed by atoms with Crippen LogP contribution in [0.1, 0.15) is 37.7 Å². The minimum Gasteiger partial charge on any atom is -0.351 e. The average Bonchev–Trinajstić information content (AvgIpc) is 2.65. The quantitative estimate of drug-likeness (QED) is 0.430. The first-order chi connectivity index (χ1) is 13.4. The van der Waals surface area contributed by atoms with Gasteiger partial charge in [-0.1, -0.05) is 18.6 Å². The summed E-state index contributed by atoms with van der Waals surface area (Å²) in [5.74, 6) is 0.674. The number of hydrogen-bond acceptors (Lipinski definition) is 5. The van der Waals surface area contributed by atoms with Crippen LogP contribution in [0.15, 0.2) is 24.3 Å². The Balaban J connectivity index is 1.39. The van der Waals surface area contributed by atoms with E-state index in [9.17, 15) is 19.7 Å². The van der Waals surface area contributed by atoms with E-state index in [4.69, 9.17) is 5.73 Å². The van der Waals surface area contributed by atoms with Crippen LogP contribution in [0.4, 0.5) is 10.5 Å². The van der Waals surface area contributed by atoms with E-state index in [2.05, 4.69) is 16.0 Å². The molecule has 152 valence electrons. The highest BCUT2D eigenvalue weighted by molar-refractivity contribution is 5.84. The van der Waals surface area contributed by atoms with Crippen molar-refractivity contribution in [2.24, 2.45) is 17.6 Å². The molecular weight excluding hydrogens is 362 g/mol. The number of nitrogens with two attached hydrogens (primary N) is 1. The molecule has 9 nitrogen and oxygen atoms in total. The van der Waals surface area contributed by atoms with Crippen molar-refractivity contribution >= 4 is 17.6 Å². The predicted molar refractivity (Wildman–Crippen MR) is 103 cm³/mol. The summed E-state index contributed by atoms with van der Waals surface area (Å²) in [6.45, 7) is 0.129.